The Kier molecular flexibility index (Phi) is 5.94. The van der Waals surface area contributed by atoms with Crippen molar-refractivity contribution in [1.82, 2.24) is 4.90 Å². The number of rotatable bonds is 5. The summed E-state index contributed by atoms with van der Waals surface area (Å²) >= 11 is 5.84. The SMILES string of the molecule is CC(=O)N(CC(=O)Nc1ccc(C#N)cc1)Cc1ccc(Cl)cc1. The number of benzene rings is 2. The topological polar surface area (TPSA) is 73.2 Å². The van der Waals surface area contributed by atoms with E-state index in [1.807, 2.05) is 18.2 Å². The smallest absolute Gasteiger partial charge is 0.244 e. The zero-order valence-corrected chi connectivity index (χ0v) is 13.9. The van der Waals surface area contributed by atoms with Crippen LogP contribution in [0.2, 0.25) is 5.02 Å². The third kappa shape index (κ3) is 5.11. The number of halogens is 1. The molecule has 2 aromatic carbocycles. The lowest BCUT2D eigenvalue weighted by Gasteiger charge is -2.20. The minimum atomic E-state index is -0.302. The summed E-state index contributed by atoms with van der Waals surface area (Å²) in [5.41, 5.74) is 1.98. The highest BCUT2D eigenvalue weighted by Gasteiger charge is 2.14. The molecule has 2 amide bonds. The molecule has 2 rings (SSSR count). The first-order valence-corrected chi connectivity index (χ1v) is 7.65. The molecular weight excluding hydrogens is 326 g/mol. The van der Waals surface area contributed by atoms with Gasteiger partial charge in [0.25, 0.3) is 0 Å². The van der Waals surface area contributed by atoms with Gasteiger partial charge in [-0.1, -0.05) is 23.7 Å². The molecule has 0 heterocycles. The van der Waals surface area contributed by atoms with Crippen LogP contribution in [0.4, 0.5) is 5.69 Å². The summed E-state index contributed by atoms with van der Waals surface area (Å²) < 4.78 is 0. The van der Waals surface area contributed by atoms with Crippen LogP contribution >= 0.6 is 11.6 Å². The van der Waals surface area contributed by atoms with Crippen molar-refractivity contribution in [3.63, 3.8) is 0 Å². The van der Waals surface area contributed by atoms with Crippen LogP contribution in [0.1, 0.15) is 18.1 Å². The van der Waals surface area contributed by atoms with Gasteiger partial charge in [-0.3, -0.25) is 9.59 Å². The quantitative estimate of drug-likeness (QED) is 0.907. The molecule has 5 nitrogen and oxygen atoms in total. The first kappa shape index (κ1) is 17.5. The zero-order valence-electron chi connectivity index (χ0n) is 13.1. The fourth-order valence-electron chi connectivity index (χ4n) is 2.09. The normalized spacial score (nSPS) is 9.88. The van der Waals surface area contributed by atoms with Gasteiger partial charge in [-0.2, -0.15) is 5.26 Å². The Balaban J connectivity index is 1.98. The van der Waals surface area contributed by atoms with Crippen molar-refractivity contribution in [3.05, 3.63) is 64.7 Å². The van der Waals surface area contributed by atoms with E-state index in [4.69, 9.17) is 16.9 Å². The van der Waals surface area contributed by atoms with Crippen LogP contribution in [-0.4, -0.2) is 23.3 Å². The molecule has 0 aromatic heterocycles. The number of nitrogens with one attached hydrogen (secondary N) is 1. The van der Waals surface area contributed by atoms with Crippen molar-refractivity contribution in [2.45, 2.75) is 13.5 Å². The lowest BCUT2D eigenvalue weighted by atomic mass is 10.2. The van der Waals surface area contributed by atoms with Crippen LogP contribution in [0.15, 0.2) is 48.5 Å². The van der Waals surface area contributed by atoms with Crippen LogP contribution in [0, 0.1) is 11.3 Å². The van der Waals surface area contributed by atoms with Crippen LogP contribution in [-0.2, 0) is 16.1 Å². The first-order chi connectivity index (χ1) is 11.5. The average Bonchev–Trinajstić information content (AvgIpc) is 2.56. The molecule has 0 radical (unpaired) electrons. The Morgan fingerprint density at radius 1 is 1.12 bits per heavy atom. The monoisotopic (exact) mass is 341 g/mol. The first-order valence-electron chi connectivity index (χ1n) is 7.28. The molecule has 0 aliphatic rings. The van der Waals surface area contributed by atoms with E-state index in [9.17, 15) is 9.59 Å². The molecule has 0 fully saturated rings. The van der Waals surface area contributed by atoms with Crippen LogP contribution in [0.5, 0.6) is 0 Å². The van der Waals surface area contributed by atoms with Gasteiger partial charge in [0.1, 0.15) is 6.54 Å². The van der Waals surface area contributed by atoms with Crippen LogP contribution in [0.3, 0.4) is 0 Å². The molecule has 0 aliphatic carbocycles. The molecular formula is C18H16ClN3O2. The number of carbonyl (C=O) groups excluding carboxylic acids is 2. The van der Waals surface area contributed by atoms with Crippen molar-refractivity contribution >= 4 is 29.1 Å². The standard InChI is InChI=1S/C18H16ClN3O2/c1-13(23)22(11-15-2-6-16(19)7-3-15)12-18(24)21-17-8-4-14(10-20)5-9-17/h2-9H,11-12H2,1H3,(H,21,24). The van der Waals surface area contributed by atoms with E-state index in [0.29, 0.717) is 22.8 Å². The largest absolute Gasteiger partial charge is 0.329 e. The second-order valence-corrected chi connectivity index (χ2v) is 5.68. The van der Waals surface area contributed by atoms with E-state index in [-0.39, 0.29) is 18.4 Å². The molecule has 0 atom stereocenters. The third-order valence-electron chi connectivity index (χ3n) is 3.36. The van der Waals surface area contributed by atoms with Crippen LogP contribution < -0.4 is 5.32 Å². The molecule has 0 saturated heterocycles. The number of anilines is 1. The molecule has 1 N–H and O–H groups in total. The zero-order chi connectivity index (χ0) is 17.5. The highest BCUT2D eigenvalue weighted by Crippen LogP contribution is 2.12. The minimum absolute atomic E-state index is 0.0576. The molecule has 0 saturated carbocycles. The summed E-state index contributed by atoms with van der Waals surface area (Å²) in [4.78, 5) is 25.4. The molecule has 0 unspecified atom stereocenters. The van der Waals surface area contributed by atoms with E-state index in [1.54, 1.807) is 36.4 Å². The summed E-state index contributed by atoms with van der Waals surface area (Å²) in [5, 5.41) is 12.1. The summed E-state index contributed by atoms with van der Waals surface area (Å²) in [6.07, 6.45) is 0. The number of hydrogen-bond donors (Lipinski definition) is 1. The number of hydrogen-bond acceptors (Lipinski definition) is 3. The Morgan fingerprint density at radius 3 is 2.29 bits per heavy atom. The van der Waals surface area contributed by atoms with Gasteiger partial charge in [0, 0.05) is 24.2 Å². The Labute approximate surface area is 145 Å². The van der Waals surface area contributed by atoms with Crippen molar-refractivity contribution in [2.24, 2.45) is 0 Å². The maximum Gasteiger partial charge on any atom is 0.244 e. The number of nitriles is 1. The van der Waals surface area contributed by atoms with Gasteiger partial charge in [-0.25, -0.2) is 0 Å². The Bertz CT molecular complexity index is 764. The van der Waals surface area contributed by atoms with Crippen molar-refractivity contribution in [2.75, 3.05) is 11.9 Å². The van der Waals surface area contributed by atoms with E-state index < -0.39 is 0 Å². The molecule has 0 bridgehead atoms. The van der Waals surface area contributed by atoms with Crippen LogP contribution in [0.25, 0.3) is 0 Å². The van der Waals surface area contributed by atoms with E-state index in [2.05, 4.69) is 5.32 Å². The maximum atomic E-state index is 12.1. The lowest BCUT2D eigenvalue weighted by molar-refractivity contribution is -0.133. The highest BCUT2D eigenvalue weighted by atomic mass is 35.5. The highest BCUT2D eigenvalue weighted by molar-refractivity contribution is 6.30. The second-order valence-electron chi connectivity index (χ2n) is 5.24. The van der Waals surface area contributed by atoms with E-state index in [1.165, 1.54) is 11.8 Å². The summed E-state index contributed by atoms with van der Waals surface area (Å²) in [7, 11) is 0. The van der Waals surface area contributed by atoms with E-state index >= 15 is 0 Å². The van der Waals surface area contributed by atoms with Gasteiger partial charge >= 0.3 is 0 Å². The van der Waals surface area contributed by atoms with Crippen molar-refractivity contribution < 1.29 is 9.59 Å². The average molecular weight is 342 g/mol. The number of amides is 2. The predicted molar refractivity (Wildman–Crippen MR) is 92.3 cm³/mol. The minimum Gasteiger partial charge on any atom is -0.329 e. The van der Waals surface area contributed by atoms with Gasteiger partial charge in [0.15, 0.2) is 0 Å². The number of carbonyl (C=O) groups is 2. The van der Waals surface area contributed by atoms with Gasteiger partial charge < -0.3 is 10.2 Å². The fourth-order valence-corrected chi connectivity index (χ4v) is 2.22. The molecule has 122 valence electrons. The van der Waals surface area contributed by atoms with Gasteiger partial charge in [-0.05, 0) is 42.0 Å². The second kappa shape index (κ2) is 8.14. The van der Waals surface area contributed by atoms with Gasteiger partial charge in [0.2, 0.25) is 11.8 Å². The van der Waals surface area contributed by atoms with Gasteiger partial charge in [0.05, 0.1) is 11.6 Å². The maximum absolute atomic E-state index is 12.1. The summed E-state index contributed by atoms with van der Waals surface area (Å²) in [6.45, 7) is 1.69. The predicted octanol–water partition coefficient (Wildman–Crippen LogP) is 3.20. The molecule has 0 aliphatic heterocycles. The third-order valence-corrected chi connectivity index (χ3v) is 3.62. The molecule has 2 aromatic rings. The van der Waals surface area contributed by atoms with E-state index in [0.717, 1.165) is 5.56 Å². The Morgan fingerprint density at radius 2 is 1.75 bits per heavy atom. The fraction of sp³-hybridized carbons (Fsp3) is 0.167. The van der Waals surface area contributed by atoms with Crippen molar-refractivity contribution in [1.29, 1.82) is 5.26 Å². The summed E-state index contributed by atoms with van der Waals surface area (Å²) in [6, 6.07) is 15.7. The molecule has 6 heteroatoms. The molecule has 0 spiro atoms. The molecule has 24 heavy (non-hydrogen) atoms. The van der Waals surface area contributed by atoms with Crippen molar-refractivity contribution in [3.8, 4) is 6.07 Å². The van der Waals surface area contributed by atoms with Gasteiger partial charge in [-0.15, -0.1) is 0 Å². The number of nitrogens with zero attached hydrogens (tertiary/aromatic N) is 2. The summed E-state index contributed by atoms with van der Waals surface area (Å²) in [5.74, 6) is -0.496. The lowest BCUT2D eigenvalue weighted by Crippen LogP contribution is -2.36. The Hall–Kier alpha value is -2.84.